The van der Waals surface area contributed by atoms with Gasteiger partial charge in [0.1, 0.15) is 5.75 Å². The van der Waals surface area contributed by atoms with Crippen LogP contribution in [0.25, 0.3) is 0 Å². The summed E-state index contributed by atoms with van der Waals surface area (Å²) >= 11 is 0. The SMILES string of the molecule is CC(C)C1CC(Nc2ccc(OC3CCCC3)cc2)C1. The largest absolute Gasteiger partial charge is 0.490 e. The summed E-state index contributed by atoms with van der Waals surface area (Å²) in [6, 6.07) is 9.21. The van der Waals surface area contributed by atoms with Crippen LogP contribution >= 0.6 is 0 Å². The predicted molar refractivity (Wildman–Crippen MR) is 84.3 cm³/mol. The second-order valence-corrected chi connectivity index (χ2v) is 6.87. The summed E-state index contributed by atoms with van der Waals surface area (Å²) in [6.07, 6.45) is 8.17. The van der Waals surface area contributed by atoms with Gasteiger partial charge in [0, 0.05) is 11.7 Å². The second kappa shape index (κ2) is 6.07. The van der Waals surface area contributed by atoms with E-state index in [1.807, 2.05) is 0 Å². The maximum Gasteiger partial charge on any atom is 0.119 e. The van der Waals surface area contributed by atoms with Gasteiger partial charge in [-0.2, -0.15) is 0 Å². The van der Waals surface area contributed by atoms with Gasteiger partial charge >= 0.3 is 0 Å². The first-order valence-corrected chi connectivity index (χ1v) is 8.24. The Morgan fingerprint density at radius 2 is 1.70 bits per heavy atom. The van der Waals surface area contributed by atoms with Crippen LogP contribution in [0.1, 0.15) is 52.4 Å². The lowest BCUT2D eigenvalue weighted by molar-refractivity contribution is 0.209. The highest BCUT2D eigenvalue weighted by Gasteiger charge is 2.30. The Morgan fingerprint density at radius 1 is 1.05 bits per heavy atom. The molecule has 0 spiro atoms. The average molecular weight is 273 g/mol. The minimum atomic E-state index is 0.451. The summed E-state index contributed by atoms with van der Waals surface area (Å²) in [4.78, 5) is 0. The molecular formula is C18H27NO. The highest BCUT2D eigenvalue weighted by atomic mass is 16.5. The molecule has 2 heteroatoms. The van der Waals surface area contributed by atoms with Gasteiger partial charge in [-0.25, -0.2) is 0 Å². The third kappa shape index (κ3) is 3.28. The van der Waals surface area contributed by atoms with Crippen molar-refractivity contribution in [1.82, 2.24) is 0 Å². The lowest BCUT2D eigenvalue weighted by atomic mass is 9.73. The van der Waals surface area contributed by atoms with Gasteiger partial charge in [0.25, 0.3) is 0 Å². The summed E-state index contributed by atoms with van der Waals surface area (Å²) < 4.78 is 6.00. The number of nitrogens with one attached hydrogen (secondary N) is 1. The average Bonchev–Trinajstić information content (AvgIpc) is 2.87. The van der Waals surface area contributed by atoms with Crippen molar-refractivity contribution >= 4 is 5.69 Å². The van der Waals surface area contributed by atoms with Crippen LogP contribution < -0.4 is 10.1 Å². The van der Waals surface area contributed by atoms with E-state index in [2.05, 4.69) is 43.4 Å². The Labute approximate surface area is 122 Å². The van der Waals surface area contributed by atoms with E-state index in [4.69, 9.17) is 4.74 Å². The fraction of sp³-hybridized carbons (Fsp3) is 0.667. The molecule has 0 atom stereocenters. The Balaban J connectivity index is 1.47. The lowest BCUT2D eigenvalue weighted by Gasteiger charge is -2.39. The van der Waals surface area contributed by atoms with Gasteiger partial charge in [0.05, 0.1) is 6.10 Å². The molecule has 0 heterocycles. The van der Waals surface area contributed by atoms with Crippen molar-refractivity contribution in [2.75, 3.05) is 5.32 Å². The molecule has 2 fully saturated rings. The first kappa shape index (κ1) is 13.8. The minimum absolute atomic E-state index is 0.451. The van der Waals surface area contributed by atoms with Gasteiger partial charge in [-0.1, -0.05) is 13.8 Å². The van der Waals surface area contributed by atoms with E-state index >= 15 is 0 Å². The van der Waals surface area contributed by atoms with Gasteiger partial charge in [0.2, 0.25) is 0 Å². The quantitative estimate of drug-likeness (QED) is 0.827. The number of anilines is 1. The summed E-state index contributed by atoms with van der Waals surface area (Å²) in [7, 11) is 0. The molecule has 0 amide bonds. The molecule has 0 unspecified atom stereocenters. The van der Waals surface area contributed by atoms with Crippen LogP contribution in [0.4, 0.5) is 5.69 Å². The standard InChI is InChI=1S/C18H27NO/c1-13(2)14-11-16(12-14)19-15-7-9-18(10-8-15)20-17-5-3-4-6-17/h7-10,13-14,16-17,19H,3-6,11-12H2,1-2H3. The van der Waals surface area contributed by atoms with Crippen molar-refractivity contribution in [2.24, 2.45) is 11.8 Å². The molecule has 2 nitrogen and oxygen atoms in total. The fourth-order valence-electron chi connectivity index (χ4n) is 3.39. The van der Waals surface area contributed by atoms with Gasteiger partial charge in [0.15, 0.2) is 0 Å². The molecule has 1 aromatic carbocycles. The third-order valence-electron chi connectivity index (χ3n) is 4.95. The molecule has 2 aliphatic rings. The molecule has 1 aromatic rings. The van der Waals surface area contributed by atoms with Crippen molar-refractivity contribution in [3.05, 3.63) is 24.3 Å². The molecule has 0 bridgehead atoms. The van der Waals surface area contributed by atoms with Crippen molar-refractivity contribution in [3.63, 3.8) is 0 Å². The van der Waals surface area contributed by atoms with E-state index in [1.165, 1.54) is 44.2 Å². The Kier molecular flexibility index (Phi) is 4.18. The fourth-order valence-corrected chi connectivity index (χ4v) is 3.39. The first-order chi connectivity index (χ1) is 9.70. The van der Waals surface area contributed by atoms with E-state index in [1.54, 1.807) is 0 Å². The molecule has 1 N–H and O–H groups in total. The van der Waals surface area contributed by atoms with E-state index in [0.29, 0.717) is 12.1 Å². The van der Waals surface area contributed by atoms with E-state index < -0.39 is 0 Å². The zero-order chi connectivity index (χ0) is 13.9. The Morgan fingerprint density at radius 3 is 2.30 bits per heavy atom. The normalized spacial score (nSPS) is 26.6. The van der Waals surface area contributed by atoms with Crippen LogP contribution in [0.3, 0.4) is 0 Å². The number of rotatable bonds is 5. The molecule has 0 aromatic heterocycles. The molecule has 2 aliphatic carbocycles. The molecule has 3 rings (SSSR count). The number of ether oxygens (including phenoxy) is 1. The highest BCUT2D eigenvalue weighted by molar-refractivity contribution is 5.47. The van der Waals surface area contributed by atoms with Crippen LogP contribution in [0, 0.1) is 11.8 Å². The summed E-state index contributed by atoms with van der Waals surface area (Å²) in [5, 5.41) is 3.63. The lowest BCUT2D eigenvalue weighted by Crippen LogP contribution is -2.37. The molecule has 2 saturated carbocycles. The smallest absolute Gasteiger partial charge is 0.119 e. The van der Waals surface area contributed by atoms with Gasteiger partial charge in [-0.05, 0) is 74.6 Å². The summed E-state index contributed by atoms with van der Waals surface area (Å²) in [6.45, 7) is 4.66. The van der Waals surface area contributed by atoms with Crippen molar-refractivity contribution in [2.45, 2.75) is 64.5 Å². The number of hydrogen-bond acceptors (Lipinski definition) is 2. The Hall–Kier alpha value is -1.18. The molecule has 0 aliphatic heterocycles. The summed E-state index contributed by atoms with van der Waals surface area (Å²) in [5.41, 5.74) is 1.23. The molecule has 0 radical (unpaired) electrons. The monoisotopic (exact) mass is 273 g/mol. The van der Waals surface area contributed by atoms with Crippen molar-refractivity contribution < 1.29 is 4.74 Å². The molecule has 0 saturated heterocycles. The van der Waals surface area contributed by atoms with Crippen LogP contribution in [0.15, 0.2) is 24.3 Å². The maximum absolute atomic E-state index is 6.00. The number of hydrogen-bond donors (Lipinski definition) is 1. The zero-order valence-corrected chi connectivity index (χ0v) is 12.8. The van der Waals surface area contributed by atoms with E-state index in [0.717, 1.165) is 17.6 Å². The van der Waals surface area contributed by atoms with Crippen LogP contribution in [-0.4, -0.2) is 12.1 Å². The highest BCUT2D eigenvalue weighted by Crippen LogP contribution is 2.35. The minimum Gasteiger partial charge on any atom is -0.490 e. The van der Waals surface area contributed by atoms with Gasteiger partial charge in [-0.15, -0.1) is 0 Å². The van der Waals surface area contributed by atoms with E-state index in [9.17, 15) is 0 Å². The van der Waals surface area contributed by atoms with E-state index in [-0.39, 0.29) is 0 Å². The van der Waals surface area contributed by atoms with Gasteiger partial charge in [-0.3, -0.25) is 0 Å². The predicted octanol–water partition coefficient (Wildman–Crippen LogP) is 4.85. The first-order valence-electron chi connectivity index (χ1n) is 8.24. The van der Waals surface area contributed by atoms with Crippen LogP contribution in [-0.2, 0) is 0 Å². The topological polar surface area (TPSA) is 21.3 Å². The second-order valence-electron chi connectivity index (χ2n) is 6.87. The van der Waals surface area contributed by atoms with Crippen molar-refractivity contribution in [3.8, 4) is 5.75 Å². The summed E-state index contributed by atoms with van der Waals surface area (Å²) in [5.74, 6) is 2.77. The Bertz CT molecular complexity index is 414. The van der Waals surface area contributed by atoms with Gasteiger partial charge < -0.3 is 10.1 Å². The van der Waals surface area contributed by atoms with Crippen molar-refractivity contribution in [1.29, 1.82) is 0 Å². The number of benzene rings is 1. The third-order valence-corrected chi connectivity index (χ3v) is 4.95. The zero-order valence-electron chi connectivity index (χ0n) is 12.8. The molecule has 110 valence electrons. The van der Waals surface area contributed by atoms with Crippen LogP contribution in [0.5, 0.6) is 5.75 Å². The van der Waals surface area contributed by atoms with Crippen LogP contribution in [0.2, 0.25) is 0 Å². The maximum atomic E-state index is 6.00. The molecule has 20 heavy (non-hydrogen) atoms. The molecular weight excluding hydrogens is 246 g/mol.